The predicted molar refractivity (Wildman–Crippen MR) is 110 cm³/mol. The molecule has 162 valence electrons. The number of morpholine rings is 1. The molecule has 2 aliphatic rings. The summed E-state index contributed by atoms with van der Waals surface area (Å²) in [6.45, 7) is 1.47. The smallest absolute Gasteiger partial charge is 0.215 e. The molecule has 0 saturated carbocycles. The summed E-state index contributed by atoms with van der Waals surface area (Å²) in [5, 5.41) is 14.5. The lowest BCUT2D eigenvalue weighted by Gasteiger charge is -2.30. The van der Waals surface area contributed by atoms with Gasteiger partial charge in [-0.1, -0.05) is 11.6 Å². The Morgan fingerprint density at radius 2 is 2.07 bits per heavy atom. The van der Waals surface area contributed by atoms with E-state index in [0.29, 0.717) is 37.7 Å². The summed E-state index contributed by atoms with van der Waals surface area (Å²) in [5.41, 5.74) is 1.08. The van der Waals surface area contributed by atoms with Gasteiger partial charge in [0.1, 0.15) is 5.82 Å². The van der Waals surface area contributed by atoms with Crippen molar-refractivity contribution in [2.24, 2.45) is 0 Å². The molecular formula is C18H21ClFN5O4S. The minimum absolute atomic E-state index is 0.0667. The molecule has 30 heavy (non-hydrogen) atoms. The summed E-state index contributed by atoms with van der Waals surface area (Å²) in [4.78, 5) is 5.86. The van der Waals surface area contributed by atoms with Crippen molar-refractivity contribution >= 4 is 38.8 Å². The van der Waals surface area contributed by atoms with Crippen LogP contribution in [0.2, 0.25) is 5.02 Å². The lowest BCUT2D eigenvalue weighted by atomic mass is 10.2. The van der Waals surface area contributed by atoms with Gasteiger partial charge in [0.2, 0.25) is 10.0 Å². The molecule has 0 aliphatic carbocycles. The number of halogens is 2. The Morgan fingerprint density at radius 3 is 2.80 bits per heavy atom. The molecule has 2 aromatic rings. The van der Waals surface area contributed by atoms with Gasteiger partial charge in [-0.3, -0.25) is 10.5 Å². The van der Waals surface area contributed by atoms with E-state index in [4.69, 9.17) is 16.3 Å². The number of nitrogens with one attached hydrogen (secondary N) is 1. The quantitative estimate of drug-likeness (QED) is 0.677. The van der Waals surface area contributed by atoms with Gasteiger partial charge in [0.25, 0.3) is 0 Å². The van der Waals surface area contributed by atoms with E-state index >= 15 is 0 Å². The van der Waals surface area contributed by atoms with Crippen LogP contribution in [0.4, 0.5) is 21.6 Å². The van der Waals surface area contributed by atoms with Crippen molar-refractivity contribution in [1.29, 1.82) is 0 Å². The van der Waals surface area contributed by atoms with Crippen LogP contribution in [-0.4, -0.2) is 67.8 Å². The fourth-order valence-corrected chi connectivity index (χ4v) is 4.99. The number of ether oxygens (including phenoxy) is 1. The molecule has 2 N–H and O–H groups in total. The van der Waals surface area contributed by atoms with Crippen LogP contribution in [-0.2, 0) is 14.8 Å². The van der Waals surface area contributed by atoms with Crippen LogP contribution in [0.5, 0.6) is 0 Å². The van der Waals surface area contributed by atoms with Crippen LogP contribution in [0.1, 0.15) is 0 Å². The van der Waals surface area contributed by atoms with Crippen molar-refractivity contribution < 1.29 is 22.8 Å². The van der Waals surface area contributed by atoms with Gasteiger partial charge in [-0.05, 0) is 30.3 Å². The fraction of sp³-hybridized carbons (Fsp3) is 0.389. The number of fused-ring (bicyclic) bond motifs is 1. The second-order valence-corrected chi connectivity index (χ2v) is 9.31. The van der Waals surface area contributed by atoms with Crippen LogP contribution in [0.3, 0.4) is 0 Å². The molecule has 9 nitrogen and oxygen atoms in total. The molecule has 2 aliphatic heterocycles. The van der Waals surface area contributed by atoms with Gasteiger partial charge in [0.05, 0.1) is 29.7 Å². The Bertz CT molecular complexity index is 1020. The minimum Gasteiger partial charge on any atom is -0.379 e. The zero-order valence-electron chi connectivity index (χ0n) is 15.9. The zero-order chi connectivity index (χ0) is 21.3. The molecule has 3 heterocycles. The van der Waals surface area contributed by atoms with Gasteiger partial charge in [0, 0.05) is 31.5 Å². The highest BCUT2D eigenvalue weighted by atomic mass is 35.5. The number of hydrogen-bond acceptors (Lipinski definition) is 8. The summed E-state index contributed by atoms with van der Waals surface area (Å²) in [5.74, 6) is -0.432. The SMILES string of the molecule is O=S(=O)(CCNC1N(O)c2ncccc2N1c1ccc(F)c(Cl)c1)N1CCOCC1. The van der Waals surface area contributed by atoms with Crippen molar-refractivity contribution in [1.82, 2.24) is 14.6 Å². The molecule has 1 aromatic heterocycles. The summed E-state index contributed by atoms with van der Waals surface area (Å²) in [6.07, 6.45) is 0.680. The third kappa shape index (κ3) is 4.09. The molecule has 1 atom stereocenters. The van der Waals surface area contributed by atoms with Crippen molar-refractivity contribution in [2.75, 3.05) is 48.6 Å². The molecule has 1 fully saturated rings. The maximum absolute atomic E-state index is 13.6. The van der Waals surface area contributed by atoms with E-state index in [9.17, 15) is 18.0 Å². The second-order valence-electron chi connectivity index (χ2n) is 6.81. The zero-order valence-corrected chi connectivity index (χ0v) is 17.5. The monoisotopic (exact) mass is 457 g/mol. The maximum Gasteiger partial charge on any atom is 0.215 e. The van der Waals surface area contributed by atoms with Gasteiger partial charge >= 0.3 is 0 Å². The van der Waals surface area contributed by atoms with E-state index in [2.05, 4.69) is 10.3 Å². The lowest BCUT2D eigenvalue weighted by molar-refractivity contribution is 0.0730. The Morgan fingerprint density at radius 1 is 1.30 bits per heavy atom. The van der Waals surface area contributed by atoms with Gasteiger partial charge in [-0.2, -0.15) is 9.37 Å². The number of benzene rings is 1. The topological polar surface area (TPSA) is 98.2 Å². The fourth-order valence-electron chi connectivity index (χ4n) is 3.47. The van der Waals surface area contributed by atoms with Crippen molar-refractivity contribution in [3.63, 3.8) is 0 Å². The molecule has 0 spiro atoms. The average molecular weight is 458 g/mol. The number of pyridine rings is 1. The van der Waals surface area contributed by atoms with Crippen molar-refractivity contribution in [3.8, 4) is 0 Å². The lowest BCUT2D eigenvalue weighted by Crippen LogP contribution is -2.52. The maximum atomic E-state index is 13.6. The molecule has 0 bridgehead atoms. The molecule has 0 amide bonds. The highest BCUT2D eigenvalue weighted by molar-refractivity contribution is 7.89. The molecular weight excluding hydrogens is 437 g/mol. The number of hydroxylamine groups is 1. The van der Waals surface area contributed by atoms with E-state index in [1.54, 1.807) is 17.0 Å². The number of rotatable bonds is 6. The van der Waals surface area contributed by atoms with Gasteiger partial charge in [-0.15, -0.1) is 0 Å². The van der Waals surface area contributed by atoms with Gasteiger partial charge < -0.3 is 9.64 Å². The summed E-state index contributed by atoms with van der Waals surface area (Å²) in [6, 6.07) is 7.64. The number of sulfonamides is 1. The van der Waals surface area contributed by atoms with Crippen LogP contribution >= 0.6 is 11.6 Å². The number of hydrogen-bond donors (Lipinski definition) is 2. The third-order valence-electron chi connectivity index (χ3n) is 4.95. The highest BCUT2D eigenvalue weighted by Gasteiger charge is 2.38. The van der Waals surface area contributed by atoms with E-state index in [-0.39, 0.29) is 23.1 Å². The first kappa shape index (κ1) is 21.2. The first-order chi connectivity index (χ1) is 14.4. The van der Waals surface area contributed by atoms with E-state index in [0.717, 1.165) is 5.06 Å². The Kier molecular flexibility index (Phi) is 6.09. The summed E-state index contributed by atoms with van der Waals surface area (Å²) >= 11 is 5.94. The molecule has 4 rings (SSSR count). The van der Waals surface area contributed by atoms with Crippen molar-refractivity contribution in [3.05, 3.63) is 47.4 Å². The standard InChI is InChI=1S/C18H21ClFN5O4S/c19-14-12-13(3-4-15(14)20)24-16-2-1-5-21-17(16)25(26)18(24)22-6-11-30(27,28)23-7-9-29-10-8-23/h1-5,12,18,22,26H,6-11H2. The van der Waals surface area contributed by atoms with E-state index in [1.807, 2.05) is 0 Å². The number of anilines is 3. The largest absolute Gasteiger partial charge is 0.379 e. The number of aromatic nitrogens is 1. The molecule has 12 heteroatoms. The van der Waals surface area contributed by atoms with Crippen molar-refractivity contribution in [2.45, 2.75) is 6.29 Å². The first-order valence-corrected chi connectivity index (χ1v) is 11.3. The Balaban J connectivity index is 1.54. The van der Waals surface area contributed by atoms with Gasteiger partial charge in [-0.25, -0.2) is 17.8 Å². The molecule has 1 unspecified atom stereocenters. The summed E-state index contributed by atoms with van der Waals surface area (Å²) < 4.78 is 45.4. The van der Waals surface area contributed by atoms with Crippen LogP contribution < -0.4 is 15.3 Å². The average Bonchev–Trinajstić information content (AvgIpc) is 3.03. The minimum atomic E-state index is -3.47. The van der Waals surface area contributed by atoms with Crippen LogP contribution in [0, 0.1) is 5.82 Å². The normalized spacial score (nSPS) is 19.9. The third-order valence-corrected chi connectivity index (χ3v) is 7.11. The molecule has 0 radical (unpaired) electrons. The second kappa shape index (κ2) is 8.61. The summed E-state index contributed by atoms with van der Waals surface area (Å²) in [7, 11) is -3.47. The Hall–Kier alpha value is -2.02. The van der Waals surface area contributed by atoms with Crippen LogP contribution in [0.15, 0.2) is 36.5 Å². The van der Waals surface area contributed by atoms with Gasteiger partial charge in [0.15, 0.2) is 12.1 Å². The highest BCUT2D eigenvalue weighted by Crippen LogP contribution is 2.41. The molecule has 1 aromatic carbocycles. The first-order valence-electron chi connectivity index (χ1n) is 9.35. The Labute approximate surface area is 178 Å². The number of nitrogens with zero attached hydrogens (tertiary/aromatic N) is 4. The van der Waals surface area contributed by atoms with E-state index in [1.165, 1.54) is 28.7 Å². The van der Waals surface area contributed by atoms with Crippen LogP contribution in [0.25, 0.3) is 0 Å². The molecule has 1 saturated heterocycles. The van der Waals surface area contributed by atoms with E-state index < -0.39 is 22.1 Å². The predicted octanol–water partition coefficient (Wildman–Crippen LogP) is 1.76.